The van der Waals surface area contributed by atoms with Crippen LogP contribution in [-0.4, -0.2) is 32.8 Å². The molecule has 0 bridgehead atoms. The quantitative estimate of drug-likeness (QED) is 0.341. The Bertz CT molecular complexity index is 703. The van der Waals surface area contributed by atoms with Gasteiger partial charge in [-0.1, -0.05) is 0 Å². The molecule has 0 radical (unpaired) electrons. The van der Waals surface area contributed by atoms with Gasteiger partial charge in [-0.25, -0.2) is 18.9 Å². The van der Waals surface area contributed by atoms with Crippen LogP contribution in [0.2, 0.25) is 0 Å². The number of methoxy groups -OCH3 is 1. The first-order valence-electron chi connectivity index (χ1n) is 5.08. The van der Waals surface area contributed by atoms with E-state index in [2.05, 4.69) is 14.8 Å². The average molecular weight is 392 g/mol. The fourth-order valence-corrected chi connectivity index (χ4v) is 1.87. The molecule has 0 aliphatic carbocycles. The molecule has 0 aliphatic rings. The number of ether oxygens (including phenoxy) is 1. The van der Waals surface area contributed by atoms with E-state index in [1.165, 1.54) is 0 Å². The Kier molecular flexibility index (Phi) is 3.92. The lowest BCUT2D eigenvalue weighted by atomic mass is 10.2. The third-order valence-corrected chi connectivity index (χ3v) is 3.15. The van der Waals surface area contributed by atoms with E-state index in [0.717, 1.165) is 30.3 Å². The van der Waals surface area contributed by atoms with Gasteiger partial charge in [-0.3, -0.25) is 10.1 Å². The summed E-state index contributed by atoms with van der Waals surface area (Å²) in [4.78, 5) is 25.2. The predicted molar refractivity (Wildman–Crippen MR) is 72.0 cm³/mol. The second-order valence-electron chi connectivity index (χ2n) is 3.52. The predicted octanol–water partition coefficient (Wildman–Crippen LogP) is 1.71. The Morgan fingerprint density at radius 1 is 1.55 bits per heavy atom. The van der Waals surface area contributed by atoms with Crippen molar-refractivity contribution in [3.63, 3.8) is 0 Å². The van der Waals surface area contributed by atoms with Crippen molar-refractivity contribution in [3.8, 4) is 5.69 Å². The lowest BCUT2D eigenvalue weighted by Gasteiger charge is -2.03. The molecular formula is C10H6FIN4O4. The van der Waals surface area contributed by atoms with Gasteiger partial charge in [-0.15, -0.1) is 5.10 Å². The molecule has 0 saturated carbocycles. The minimum absolute atomic E-state index is 0.103. The molecule has 0 amide bonds. The highest BCUT2D eigenvalue weighted by Crippen LogP contribution is 2.26. The summed E-state index contributed by atoms with van der Waals surface area (Å²) in [7, 11) is 1.15. The Labute approximate surface area is 124 Å². The number of esters is 1. The largest absolute Gasteiger partial charge is 0.463 e. The molecule has 0 N–H and O–H groups in total. The number of benzene rings is 1. The van der Waals surface area contributed by atoms with Gasteiger partial charge in [0.15, 0.2) is 0 Å². The molecule has 104 valence electrons. The van der Waals surface area contributed by atoms with Crippen molar-refractivity contribution in [2.45, 2.75) is 0 Å². The zero-order valence-electron chi connectivity index (χ0n) is 9.91. The molecular weight excluding hydrogens is 386 g/mol. The third kappa shape index (κ3) is 2.59. The first kappa shape index (κ1) is 14.3. The third-order valence-electron chi connectivity index (χ3n) is 2.32. The van der Waals surface area contributed by atoms with Crippen LogP contribution in [0.4, 0.5) is 10.1 Å². The van der Waals surface area contributed by atoms with E-state index in [-0.39, 0.29) is 20.8 Å². The molecule has 1 aromatic heterocycles. The number of carbonyl (C=O) groups excluding carboxylic acids is 1. The first-order chi connectivity index (χ1) is 9.43. The summed E-state index contributed by atoms with van der Waals surface area (Å²) in [6.45, 7) is 0. The summed E-state index contributed by atoms with van der Waals surface area (Å²) >= 11 is 1.64. The highest BCUT2D eigenvalue weighted by molar-refractivity contribution is 14.1. The Morgan fingerprint density at radius 2 is 2.25 bits per heavy atom. The van der Waals surface area contributed by atoms with Crippen molar-refractivity contribution < 1.29 is 18.8 Å². The smallest absolute Gasteiger partial charge is 0.377 e. The molecule has 0 aliphatic heterocycles. The Hall–Kier alpha value is -2.11. The topological polar surface area (TPSA) is 100 Å². The van der Waals surface area contributed by atoms with Crippen molar-refractivity contribution in [3.05, 3.63) is 43.8 Å². The normalized spacial score (nSPS) is 10.3. The van der Waals surface area contributed by atoms with Crippen molar-refractivity contribution in [2.75, 3.05) is 7.11 Å². The minimum atomic E-state index is -0.794. The second-order valence-corrected chi connectivity index (χ2v) is 4.68. The van der Waals surface area contributed by atoms with Gasteiger partial charge in [0.25, 0.3) is 11.5 Å². The van der Waals surface area contributed by atoms with Gasteiger partial charge in [0.2, 0.25) is 0 Å². The Balaban J connectivity index is 2.57. The van der Waals surface area contributed by atoms with Crippen LogP contribution in [0.15, 0.2) is 18.5 Å². The van der Waals surface area contributed by atoms with Crippen LogP contribution in [0.25, 0.3) is 5.69 Å². The zero-order chi connectivity index (χ0) is 14.9. The second kappa shape index (κ2) is 5.48. The lowest BCUT2D eigenvalue weighted by molar-refractivity contribution is -0.384. The molecule has 8 nitrogen and oxygen atoms in total. The molecule has 0 unspecified atom stereocenters. The standard InChI is InChI=1S/C10H6FIN4O4/c1-20-10(17)9-13-4-15(14-9)7-2-5(11)6(12)3-8(7)16(18)19/h2-4H,1H3. The van der Waals surface area contributed by atoms with E-state index in [1.54, 1.807) is 22.6 Å². The Morgan fingerprint density at radius 3 is 2.85 bits per heavy atom. The summed E-state index contributed by atoms with van der Waals surface area (Å²) in [5, 5.41) is 14.7. The molecule has 0 fully saturated rings. The number of nitro benzene ring substituents is 1. The summed E-state index contributed by atoms with van der Waals surface area (Å²) in [6.07, 6.45) is 1.07. The van der Waals surface area contributed by atoms with Gasteiger partial charge >= 0.3 is 5.97 Å². The maximum Gasteiger partial charge on any atom is 0.377 e. The van der Waals surface area contributed by atoms with Crippen LogP contribution < -0.4 is 0 Å². The van der Waals surface area contributed by atoms with Crippen molar-refractivity contribution >= 4 is 34.2 Å². The zero-order valence-corrected chi connectivity index (χ0v) is 12.1. The van der Waals surface area contributed by atoms with Gasteiger partial charge in [0.05, 0.1) is 15.6 Å². The minimum Gasteiger partial charge on any atom is -0.463 e. The lowest BCUT2D eigenvalue weighted by Crippen LogP contribution is -2.07. The van der Waals surface area contributed by atoms with Gasteiger partial charge < -0.3 is 4.74 Å². The van der Waals surface area contributed by atoms with Crippen LogP contribution >= 0.6 is 22.6 Å². The summed E-state index contributed by atoms with van der Waals surface area (Å²) in [6, 6.07) is 2.03. The molecule has 20 heavy (non-hydrogen) atoms. The van der Waals surface area contributed by atoms with Crippen LogP contribution in [-0.2, 0) is 4.74 Å². The number of hydrogen-bond acceptors (Lipinski definition) is 6. The SMILES string of the molecule is COC(=O)c1ncn(-c2cc(F)c(I)cc2[N+](=O)[O-])n1. The molecule has 2 rings (SSSR count). The number of aromatic nitrogens is 3. The van der Waals surface area contributed by atoms with Crippen molar-refractivity contribution in [1.29, 1.82) is 0 Å². The van der Waals surface area contributed by atoms with E-state index in [0.29, 0.717) is 0 Å². The summed E-state index contributed by atoms with van der Waals surface area (Å²) in [5.41, 5.74) is -0.479. The average Bonchev–Trinajstić information content (AvgIpc) is 2.89. The van der Waals surface area contributed by atoms with E-state index in [1.807, 2.05) is 0 Å². The van der Waals surface area contributed by atoms with E-state index in [9.17, 15) is 19.3 Å². The van der Waals surface area contributed by atoms with Crippen LogP contribution in [0, 0.1) is 19.5 Å². The molecule has 0 atom stereocenters. The molecule has 0 saturated heterocycles. The maximum atomic E-state index is 13.6. The number of nitrogens with zero attached hydrogens (tertiary/aromatic N) is 4. The van der Waals surface area contributed by atoms with Gasteiger partial charge in [0.1, 0.15) is 17.8 Å². The molecule has 2 aromatic rings. The fraction of sp³-hybridized carbons (Fsp3) is 0.100. The van der Waals surface area contributed by atoms with Gasteiger partial charge in [-0.2, -0.15) is 0 Å². The van der Waals surface area contributed by atoms with E-state index >= 15 is 0 Å². The number of rotatable bonds is 3. The number of nitro groups is 1. The monoisotopic (exact) mass is 392 g/mol. The number of carbonyl (C=O) groups is 1. The fourth-order valence-electron chi connectivity index (χ4n) is 1.42. The van der Waals surface area contributed by atoms with E-state index in [4.69, 9.17) is 0 Å². The van der Waals surface area contributed by atoms with Crippen molar-refractivity contribution in [2.24, 2.45) is 0 Å². The molecule has 1 heterocycles. The van der Waals surface area contributed by atoms with Crippen LogP contribution in [0.5, 0.6) is 0 Å². The first-order valence-corrected chi connectivity index (χ1v) is 6.15. The molecule has 1 aromatic carbocycles. The summed E-state index contributed by atoms with van der Waals surface area (Å²) < 4.78 is 19.0. The highest BCUT2D eigenvalue weighted by atomic mass is 127. The number of hydrogen-bond donors (Lipinski definition) is 0. The maximum absolute atomic E-state index is 13.6. The van der Waals surface area contributed by atoms with E-state index < -0.39 is 16.7 Å². The van der Waals surface area contributed by atoms with Crippen LogP contribution in [0.1, 0.15) is 10.6 Å². The number of halogens is 2. The summed E-state index contributed by atoms with van der Waals surface area (Å²) in [5.74, 6) is -1.71. The molecule has 10 heteroatoms. The van der Waals surface area contributed by atoms with Crippen LogP contribution in [0.3, 0.4) is 0 Å². The highest BCUT2D eigenvalue weighted by Gasteiger charge is 2.21. The molecule has 0 spiro atoms. The van der Waals surface area contributed by atoms with Gasteiger partial charge in [-0.05, 0) is 22.6 Å². The van der Waals surface area contributed by atoms with Crippen molar-refractivity contribution in [1.82, 2.24) is 14.8 Å². The van der Waals surface area contributed by atoms with Gasteiger partial charge in [0, 0.05) is 12.1 Å².